The highest BCUT2D eigenvalue weighted by molar-refractivity contribution is 5.86. The Morgan fingerprint density at radius 3 is 2.75 bits per heavy atom. The van der Waals surface area contributed by atoms with Gasteiger partial charge >= 0.3 is 0 Å². The molecule has 1 aromatic carbocycles. The van der Waals surface area contributed by atoms with Crippen molar-refractivity contribution in [1.82, 2.24) is 0 Å². The first-order valence-electron chi connectivity index (χ1n) is 6.29. The molecule has 86 valence electrons. The lowest BCUT2D eigenvalue weighted by Crippen LogP contribution is -2.12. The molecule has 1 unspecified atom stereocenters. The number of aryl methyl sites for hydroxylation is 1. The molecule has 0 bridgehead atoms. The molecule has 1 aliphatic carbocycles. The van der Waals surface area contributed by atoms with Crippen LogP contribution in [-0.2, 0) is 4.79 Å². The molecule has 0 N–H and O–H groups in total. The molecule has 1 aliphatic rings. The third kappa shape index (κ3) is 2.18. The normalized spacial score (nSPS) is 21.9. The summed E-state index contributed by atoms with van der Waals surface area (Å²) in [5, 5.41) is 0. The van der Waals surface area contributed by atoms with Crippen molar-refractivity contribution in [2.45, 2.75) is 51.9 Å². The fraction of sp³-hybridized carbons (Fsp3) is 0.533. The van der Waals surface area contributed by atoms with Crippen LogP contribution in [0.3, 0.4) is 0 Å². The van der Waals surface area contributed by atoms with Crippen molar-refractivity contribution in [2.75, 3.05) is 0 Å². The van der Waals surface area contributed by atoms with Crippen LogP contribution in [-0.4, -0.2) is 5.78 Å². The third-order valence-corrected chi connectivity index (χ3v) is 3.83. The highest BCUT2D eigenvalue weighted by Crippen LogP contribution is 2.31. The largest absolute Gasteiger partial charge is 0.299 e. The van der Waals surface area contributed by atoms with Crippen LogP contribution in [0.4, 0.5) is 0 Å². The zero-order valence-corrected chi connectivity index (χ0v) is 10.3. The average Bonchev–Trinajstić information content (AvgIpc) is 2.47. The molecule has 0 heterocycles. The van der Waals surface area contributed by atoms with E-state index in [-0.39, 0.29) is 5.92 Å². The summed E-state index contributed by atoms with van der Waals surface area (Å²) in [7, 11) is 0. The minimum absolute atomic E-state index is 0.169. The Kier molecular flexibility index (Phi) is 3.42. The highest BCUT2D eigenvalue weighted by atomic mass is 16.1. The zero-order valence-electron chi connectivity index (χ0n) is 10.3. The number of rotatable bonds is 1. The van der Waals surface area contributed by atoms with Gasteiger partial charge in [-0.15, -0.1) is 0 Å². The molecule has 2 rings (SSSR count). The monoisotopic (exact) mass is 216 g/mol. The Morgan fingerprint density at radius 1 is 1.12 bits per heavy atom. The lowest BCUT2D eigenvalue weighted by molar-refractivity contribution is -0.120. The number of Topliss-reactive ketones (excluding diaryl/α,β-unsaturated/α-hetero) is 1. The molecule has 1 nitrogen and oxygen atoms in total. The second-order valence-electron chi connectivity index (χ2n) is 4.91. The van der Waals surface area contributed by atoms with Crippen LogP contribution >= 0.6 is 0 Å². The molecule has 1 aromatic rings. The standard InChI is InChI=1S/C15H20O/c1-11-7-6-9-13(12(11)2)14-8-4-3-5-10-15(14)16/h6-7,9,14H,3-5,8,10H2,1-2H3. The predicted octanol–water partition coefficient (Wildman–Crippen LogP) is 3.92. The van der Waals surface area contributed by atoms with Crippen molar-refractivity contribution in [2.24, 2.45) is 0 Å². The van der Waals surface area contributed by atoms with E-state index < -0.39 is 0 Å². The van der Waals surface area contributed by atoms with E-state index in [4.69, 9.17) is 0 Å². The van der Waals surface area contributed by atoms with Crippen LogP contribution in [0.15, 0.2) is 18.2 Å². The zero-order chi connectivity index (χ0) is 11.5. The van der Waals surface area contributed by atoms with E-state index in [0.29, 0.717) is 5.78 Å². The van der Waals surface area contributed by atoms with E-state index in [9.17, 15) is 4.79 Å². The van der Waals surface area contributed by atoms with Crippen LogP contribution in [0.2, 0.25) is 0 Å². The first-order valence-corrected chi connectivity index (χ1v) is 6.29. The first kappa shape index (κ1) is 11.4. The SMILES string of the molecule is Cc1cccc(C2CCCCCC2=O)c1C. The predicted molar refractivity (Wildman–Crippen MR) is 66.7 cm³/mol. The number of hydrogen-bond donors (Lipinski definition) is 0. The third-order valence-electron chi connectivity index (χ3n) is 3.83. The summed E-state index contributed by atoms with van der Waals surface area (Å²) in [6.45, 7) is 4.27. The smallest absolute Gasteiger partial charge is 0.140 e. The van der Waals surface area contributed by atoms with E-state index in [0.717, 1.165) is 19.3 Å². The van der Waals surface area contributed by atoms with Gasteiger partial charge in [-0.25, -0.2) is 0 Å². The Hall–Kier alpha value is -1.11. The van der Waals surface area contributed by atoms with E-state index in [1.165, 1.54) is 29.5 Å². The number of carbonyl (C=O) groups excluding carboxylic acids is 1. The van der Waals surface area contributed by atoms with Crippen molar-refractivity contribution in [3.8, 4) is 0 Å². The van der Waals surface area contributed by atoms with Crippen LogP contribution < -0.4 is 0 Å². The van der Waals surface area contributed by atoms with Crippen molar-refractivity contribution >= 4 is 5.78 Å². The molecule has 0 aliphatic heterocycles. The lowest BCUT2D eigenvalue weighted by Gasteiger charge is -2.17. The van der Waals surface area contributed by atoms with Crippen molar-refractivity contribution in [3.63, 3.8) is 0 Å². The summed E-state index contributed by atoms with van der Waals surface area (Å²) < 4.78 is 0. The van der Waals surface area contributed by atoms with Gasteiger partial charge < -0.3 is 0 Å². The van der Waals surface area contributed by atoms with E-state index in [1.807, 2.05) is 0 Å². The molecule has 16 heavy (non-hydrogen) atoms. The van der Waals surface area contributed by atoms with Gasteiger partial charge in [0.25, 0.3) is 0 Å². The maximum Gasteiger partial charge on any atom is 0.140 e. The van der Waals surface area contributed by atoms with Gasteiger partial charge in [0, 0.05) is 12.3 Å². The molecule has 0 amide bonds. The van der Waals surface area contributed by atoms with Crippen LogP contribution in [0.1, 0.15) is 54.7 Å². The maximum absolute atomic E-state index is 12.1. The second-order valence-corrected chi connectivity index (χ2v) is 4.91. The minimum atomic E-state index is 0.169. The highest BCUT2D eigenvalue weighted by Gasteiger charge is 2.23. The van der Waals surface area contributed by atoms with E-state index in [2.05, 4.69) is 32.0 Å². The van der Waals surface area contributed by atoms with E-state index >= 15 is 0 Å². The number of hydrogen-bond acceptors (Lipinski definition) is 1. The molecular formula is C15H20O. The summed E-state index contributed by atoms with van der Waals surface area (Å²) in [5.41, 5.74) is 3.88. The van der Waals surface area contributed by atoms with Gasteiger partial charge in [-0.1, -0.05) is 31.0 Å². The summed E-state index contributed by atoms with van der Waals surface area (Å²) in [6, 6.07) is 6.34. The number of ketones is 1. The van der Waals surface area contributed by atoms with Crippen molar-refractivity contribution in [3.05, 3.63) is 34.9 Å². The summed E-state index contributed by atoms with van der Waals surface area (Å²) >= 11 is 0. The summed E-state index contributed by atoms with van der Waals surface area (Å²) in [5.74, 6) is 0.619. The average molecular weight is 216 g/mol. The molecule has 0 aromatic heterocycles. The van der Waals surface area contributed by atoms with Gasteiger partial charge in [0.15, 0.2) is 0 Å². The fourth-order valence-electron chi connectivity index (χ4n) is 2.64. The Labute approximate surface area is 97.9 Å². The van der Waals surface area contributed by atoms with Crippen molar-refractivity contribution in [1.29, 1.82) is 0 Å². The number of carbonyl (C=O) groups is 1. The first-order chi connectivity index (χ1) is 7.70. The lowest BCUT2D eigenvalue weighted by atomic mass is 9.86. The fourth-order valence-corrected chi connectivity index (χ4v) is 2.64. The topological polar surface area (TPSA) is 17.1 Å². The maximum atomic E-state index is 12.1. The molecule has 0 radical (unpaired) electrons. The van der Waals surface area contributed by atoms with Crippen molar-refractivity contribution < 1.29 is 4.79 Å². The van der Waals surface area contributed by atoms with Gasteiger partial charge in [0.05, 0.1) is 0 Å². The molecule has 0 saturated heterocycles. The van der Waals surface area contributed by atoms with Crippen LogP contribution in [0, 0.1) is 13.8 Å². The molecule has 1 atom stereocenters. The van der Waals surface area contributed by atoms with Gasteiger partial charge in [-0.3, -0.25) is 4.79 Å². The minimum Gasteiger partial charge on any atom is -0.299 e. The Bertz CT molecular complexity index is 392. The summed E-state index contributed by atoms with van der Waals surface area (Å²) in [6.07, 6.45) is 5.32. The van der Waals surface area contributed by atoms with Crippen LogP contribution in [0.25, 0.3) is 0 Å². The van der Waals surface area contributed by atoms with Crippen LogP contribution in [0.5, 0.6) is 0 Å². The Morgan fingerprint density at radius 2 is 1.94 bits per heavy atom. The van der Waals surface area contributed by atoms with E-state index in [1.54, 1.807) is 0 Å². The molecule has 0 spiro atoms. The molecule has 1 saturated carbocycles. The molecule has 1 heteroatoms. The molecular weight excluding hydrogens is 196 g/mol. The quantitative estimate of drug-likeness (QED) is 0.650. The van der Waals surface area contributed by atoms with Gasteiger partial charge in [0.2, 0.25) is 0 Å². The molecule has 1 fully saturated rings. The second kappa shape index (κ2) is 4.82. The van der Waals surface area contributed by atoms with Gasteiger partial charge in [-0.05, 0) is 43.4 Å². The summed E-state index contributed by atoms with van der Waals surface area (Å²) in [4.78, 5) is 12.1. The van der Waals surface area contributed by atoms with Gasteiger partial charge in [0.1, 0.15) is 5.78 Å². The number of benzene rings is 1. The Balaban J connectivity index is 2.34. The van der Waals surface area contributed by atoms with Gasteiger partial charge in [-0.2, -0.15) is 0 Å².